The number of fused-ring (bicyclic) bond motifs is 2. The first kappa shape index (κ1) is 12.4. The third kappa shape index (κ3) is 3.21. The molecule has 0 aliphatic heterocycles. The Hall–Kier alpha value is -0.0800. The first-order chi connectivity index (χ1) is 7.65. The van der Waals surface area contributed by atoms with Crippen LogP contribution in [0.4, 0.5) is 0 Å². The smallest absolute Gasteiger partial charge is 0.00510 e. The quantitative estimate of drug-likeness (QED) is 0.745. The molecule has 2 saturated carbocycles. The van der Waals surface area contributed by atoms with E-state index < -0.39 is 0 Å². The van der Waals surface area contributed by atoms with E-state index in [2.05, 4.69) is 31.2 Å². The van der Waals surface area contributed by atoms with Crippen LogP contribution >= 0.6 is 0 Å². The Bertz CT molecular complexity index is 215. The molecule has 0 aromatic rings. The second kappa shape index (κ2) is 5.50. The van der Waals surface area contributed by atoms with Gasteiger partial charge in [0.25, 0.3) is 0 Å². The molecule has 2 nitrogen and oxygen atoms in total. The minimum Gasteiger partial charge on any atom is -0.314 e. The lowest BCUT2D eigenvalue weighted by molar-refractivity contribution is 0.296. The lowest BCUT2D eigenvalue weighted by Gasteiger charge is -2.24. The van der Waals surface area contributed by atoms with Gasteiger partial charge in [-0.15, -0.1) is 0 Å². The van der Waals surface area contributed by atoms with Crippen LogP contribution in [0.5, 0.6) is 0 Å². The molecule has 2 bridgehead atoms. The molecule has 0 aromatic carbocycles. The summed E-state index contributed by atoms with van der Waals surface area (Å²) in [5, 5.41) is 3.74. The van der Waals surface area contributed by atoms with Crippen molar-refractivity contribution >= 4 is 0 Å². The van der Waals surface area contributed by atoms with Gasteiger partial charge in [0.15, 0.2) is 0 Å². The summed E-state index contributed by atoms with van der Waals surface area (Å²) < 4.78 is 0. The van der Waals surface area contributed by atoms with Crippen LogP contribution in [0.1, 0.15) is 39.0 Å². The molecule has 0 saturated heterocycles. The molecule has 0 spiro atoms. The van der Waals surface area contributed by atoms with Gasteiger partial charge in [-0.3, -0.25) is 0 Å². The van der Waals surface area contributed by atoms with E-state index >= 15 is 0 Å². The highest BCUT2D eigenvalue weighted by Crippen LogP contribution is 2.47. The predicted octanol–water partition coefficient (Wildman–Crippen LogP) is 2.35. The number of rotatable bonds is 6. The maximum atomic E-state index is 3.74. The van der Waals surface area contributed by atoms with Gasteiger partial charge in [-0.1, -0.05) is 6.42 Å². The minimum absolute atomic E-state index is 0.682. The average Bonchev–Trinajstić information content (AvgIpc) is 2.84. The van der Waals surface area contributed by atoms with Gasteiger partial charge in [0, 0.05) is 6.04 Å². The summed E-state index contributed by atoms with van der Waals surface area (Å²) in [6.07, 6.45) is 7.37. The van der Waals surface area contributed by atoms with Crippen molar-refractivity contribution in [1.29, 1.82) is 0 Å². The van der Waals surface area contributed by atoms with Crippen molar-refractivity contribution in [2.75, 3.05) is 27.2 Å². The second-order valence-corrected chi connectivity index (χ2v) is 6.34. The van der Waals surface area contributed by atoms with Gasteiger partial charge in [0.1, 0.15) is 0 Å². The fourth-order valence-electron chi connectivity index (χ4n) is 3.53. The highest BCUT2D eigenvalue weighted by molar-refractivity contribution is 4.91. The average molecular weight is 224 g/mol. The fraction of sp³-hybridized carbons (Fsp3) is 1.00. The molecule has 0 amide bonds. The van der Waals surface area contributed by atoms with Crippen molar-refractivity contribution in [3.63, 3.8) is 0 Å². The van der Waals surface area contributed by atoms with Crippen molar-refractivity contribution in [2.45, 2.75) is 45.1 Å². The SMILES string of the molecule is CC(CCN(C)C)NCC1CC2CCC1C2. The van der Waals surface area contributed by atoms with Crippen LogP contribution in [0, 0.1) is 17.8 Å². The summed E-state index contributed by atoms with van der Waals surface area (Å²) in [5.74, 6) is 3.16. The van der Waals surface area contributed by atoms with Gasteiger partial charge in [-0.05, 0) is 77.5 Å². The Labute approximate surface area is 101 Å². The first-order valence-electron chi connectivity index (χ1n) is 7.03. The topological polar surface area (TPSA) is 15.3 Å². The molecule has 16 heavy (non-hydrogen) atoms. The summed E-state index contributed by atoms with van der Waals surface area (Å²) in [5.41, 5.74) is 0. The molecular weight excluding hydrogens is 196 g/mol. The Kier molecular flexibility index (Phi) is 4.26. The maximum absolute atomic E-state index is 3.74. The molecule has 4 atom stereocenters. The number of nitrogens with one attached hydrogen (secondary N) is 1. The molecule has 0 heterocycles. The van der Waals surface area contributed by atoms with Crippen LogP contribution in [-0.2, 0) is 0 Å². The molecule has 0 aromatic heterocycles. The monoisotopic (exact) mass is 224 g/mol. The van der Waals surface area contributed by atoms with Gasteiger partial charge in [0.05, 0.1) is 0 Å². The molecule has 0 radical (unpaired) electrons. The van der Waals surface area contributed by atoms with E-state index in [-0.39, 0.29) is 0 Å². The van der Waals surface area contributed by atoms with Crippen LogP contribution in [-0.4, -0.2) is 38.1 Å². The van der Waals surface area contributed by atoms with Crippen molar-refractivity contribution in [2.24, 2.45) is 17.8 Å². The summed E-state index contributed by atoms with van der Waals surface area (Å²) in [4.78, 5) is 2.27. The van der Waals surface area contributed by atoms with Crippen molar-refractivity contribution < 1.29 is 0 Å². The zero-order valence-electron chi connectivity index (χ0n) is 11.2. The fourth-order valence-corrected chi connectivity index (χ4v) is 3.53. The Morgan fingerprint density at radius 1 is 1.25 bits per heavy atom. The van der Waals surface area contributed by atoms with Gasteiger partial charge in [-0.25, -0.2) is 0 Å². The van der Waals surface area contributed by atoms with E-state index in [1.54, 1.807) is 6.42 Å². The predicted molar refractivity (Wildman–Crippen MR) is 69.6 cm³/mol. The van der Waals surface area contributed by atoms with Gasteiger partial charge < -0.3 is 10.2 Å². The summed E-state index contributed by atoms with van der Waals surface area (Å²) >= 11 is 0. The van der Waals surface area contributed by atoms with Gasteiger partial charge in [-0.2, -0.15) is 0 Å². The van der Waals surface area contributed by atoms with Gasteiger partial charge >= 0.3 is 0 Å². The highest BCUT2D eigenvalue weighted by Gasteiger charge is 2.38. The molecule has 2 aliphatic carbocycles. The number of hydrogen-bond donors (Lipinski definition) is 1. The lowest BCUT2D eigenvalue weighted by atomic mass is 9.88. The Morgan fingerprint density at radius 2 is 2.06 bits per heavy atom. The Morgan fingerprint density at radius 3 is 2.62 bits per heavy atom. The number of nitrogens with zero attached hydrogens (tertiary/aromatic N) is 1. The minimum atomic E-state index is 0.682. The lowest BCUT2D eigenvalue weighted by Crippen LogP contribution is -2.35. The zero-order valence-corrected chi connectivity index (χ0v) is 11.2. The van der Waals surface area contributed by atoms with Crippen LogP contribution in [0.3, 0.4) is 0 Å². The van der Waals surface area contributed by atoms with E-state index in [1.807, 2.05) is 0 Å². The van der Waals surface area contributed by atoms with Crippen LogP contribution in [0.25, 0.3) is 0 Å². The van der Waals surface area contributed by atoms with Crippen LogP contribution < -0.4 is 5.32 Å². The Balaban J connectivity index is 1.60. The first-order valence-corrected chi connectivity index (χ1v) is 7.03. The summed E-state index contributed by atoms with van der Waals surface area (Å²) in [7, 11) is 4.31. The highest BCUT2D eigenvalue weighted by atomic mass is 15.1. The van der Waals surface area contributed by atoms with E-state index in [0.29, 0.717) is 6.04 Å². The zero-order chi connectivity index (χ0) is 11.5. The van der Waals surface area contributed by atoms with E-state index in [4.69, 9.17) is 0 Å². The largest absolute Gasteiger partial charge is 0.314 e. The van der Waals surface area contributed by atoms with E-state index in [1.165, 1.54) is 38.8 Å². The van der Waals surface area contributed by atoms with Gasteiger partial charge in [0.2, 0.25) is 0 Å². The third-order valence-corrected chi connectivity index (χ3v) is 4.62. The van der Waals surface area contributed by atoms with Crippen LogP contribution in [0.15, 0.2) is 0 Å². The standard InChI is InChI=1S/C14H28N2/c1-11(6-7-16(2)3)15-10-14-9-12-4-5-13(14)8-12/h11-15H,4-10H2,1-3H3. The molecule has 2 heteroatoms. The van der Waals surface area contributed by atoms with Crippen molar-refractivity contribution in [3.8, 4) is 0 Å². The molecule has 94 valence electrons. The van der Waals surface area contributed by atoms with Crippen molar-refractivity contribution in [3.05, 3.63) is 0 Å². The van der Waals surface area contributed by atoms with Crippen LogP contribution in [0.2, 0.25) is 0 Å². The molecular formula is C14H28N2. The third-order valence-electron chi connectivity index (χ3n) is 4.62. The number of hydrogen-bond acceptors (Lipinski definition) is 2. The molecule has 2 rings (SSSR count). The van der Waals surface area contributed by atoms with E-state index in [9.17, 15) is 0 Å². The molecule has 2 aliphatic rings. The normalized spacial score (nSPS) is 34.9. The molecule has 1 N–H and O–H groups in total. The summed E-state index contributed by atoms with van der Waals surface area (Å²) in [6.45, 7) is 4.80. The van der Waals surface area contributed by atoms with Crippen molar-refractivity contribution in [1.82, 2.24) is 10.2 Å². The molecule has 2 fully saturated rings. The van der Waals surface area contributed by atoms with E-state index in [0.717, 1.165) is 17.8 Å². The second-order valence-electron chi connectivity index (χ2n) is 6.34. The molecule has 4 unspecified atom stereocenters. The maximum Gasteiger partial charge on any atom is 0.00510 e. The summed E-state index contributed by atoms with van der Waals surface area (Å²) in [6, 6.07) is 0.682.